The highest BCUT2D eigenvalue weighted by atomic mass is 16.3. The zero-order valence-corrected chi connectivity index (χ0v) is 9.06. The number of aliphatic hydroxyl groups excluding tert-OH is 1. The van der Waals surface area contributed by atoms with Gasteiger partial charge in [-0.3, -0.25) is 0 Å². The predicted molar refractivity (Wildman–Crippen MR) is 61.7 cm³/mol. The quantitative estimate of drug-likeness (QED) is 0.714. The first kappa shape index (κ1) is 9.98. The molecule has 3 rings (SSSR count). The average molecular weight is 229 g/mol. The Balaban J connectivity index is 2.21. The molecule has 3 aromatic heterocycles. The molecule has 1 N–H and O–H groups in total. The van der Waals surface area contributed by atoms with Crippen molar-refractivity contribution in [3.63, 3.8) is 0 Å². The first-order valence-electron chi connectivity index (χ1n) is 5.30. The molecule has 0 radical (unpaired) electrons. The van der Waals surface area contributed by atoms with Crippen LogP contribution in [0.1, 0.15) is 0 Å². The van der Waals surface area contributed by atoms with Crippen molar-refractivity contribution in [2.75, 3.05) is 6.61 Å². The zero-order chi connectivity index (χ0) is 11.7. The van der Waals surface area contributed by atoms with E-state index in [9.17, 15) is 0 Å². The van der Waals surface area contributed by atoms with Crippen LogP contribution < -0.4 is 0 Å². The van der Waals surface area contributed by atoms with Gasteiger partial charge in [-0.15, -0.1) is 0 Å². The predicted octanol–water partition coefficient (Wildman–Crippen LogP) is 0.609. The number of nitrogens with zero attached hydrogens (tertiary/aromatic N) is 5. The van der Waals surface area contributed by atoms with Crippen molar-refractivity contribution in [3.05, 3.63) is 37.2 Å². The van der Waals surface area contributed by atoms with Gasteiger partial charge in [0, 0.05) is 18.9 Å². The van der Waals surface area contributed by atoms with Gasteiger partial charge in [0.15, 0.2) is 17.0 Å². The molecule has 0 spiro atoms. The molecule has 0 aromatic carbocycles. The summed E-state index contributed by atoms with van der Waals surface area (Å²) in [5, 5.41) is 8.95. The van der Waals surface area contributed by atoms with Crippen LogP contribution in [0.25, 0.3) is 17.0 Å². The first-order valence-corrected chi connectivity index (χ1v) is 5.30. The van der Waals surface area contributed by atoms with E-state index in [1.165, 1.54) is 6.33 Å². The maximum atomic E-state index is 8.95. The van der Waals surface area contributed by atoms with Crippen LogP contribution in [0.5, 0.6) is 0 Å². The highest BCUT2D eigenvalue weighted by Crippen LogP contribution is 2.16. The molecule has 0 aliphatic carbocycles. The van der Waals surface area contributed by atoms with E-state index in [2.05, 4.69) is 15.0 Å². The smallest absolute Gasteiger partial charge is 0.168 e. The minimum Gasteiger partial charge on any atom is -0.395 e. The van der Waals surface area contributed by atoms with E-state index in [0.717, 1.165) is 17.0 Å². The van der Waals surface area contributed by atoms with E-state index >= 15 is 0 Å². The molecule has 0 fully saturated rings. The van der Waals surface area contributed by atoms with Crippen LogP contribution in [0.4, 0.5) is 0 Å². The van der Waals surface area contributed by atoms with Gasteiger partial charge in [0.05, 0.1) is 12.9 Å². The summed E-state index contributed by atoms with van der Waals surface area (Å²) in [5.74, 6) is 0.747. The number of hydrogen-bond donors (Lipinski definition) is 1. The standard InChI is InChI=1S/C11H11N5O/c17-6-5-16-8-14-9-10(12-7-13-11(9)16)15-3-1-2-4-15/h1-4,7-8,17H,5-6H2. The lowest BCUT2D eigenvalue weighted by atomic mass is 10.5. The highest BCUT2D eigenvalue weighted by molar-refractivity contribution is 5.78. The van der Waals surface area contributed by atoms with Crippen molar-refractivity contribution in [1.29, 1.82) is 0 Å². The first-order chi connectivity index (χ1) is 8.40. The Morgan fingerprint density at radius 3 is 2.71 bits per heavy atom. The summed E-state index contributed by atoms with van der Waals surface area (Å²) in [6, 6.07) is 3.86. The lowest BCUT2D eigenvalue weighted by Crippen LogP contribution is -2.02. The molecule has 0 unspecified atom stereocenters. The Morgan fingerprint density at radius 1 is 1.12 bits per heavy atom. The van der Waals surface area contributed by atoms with Crippen molar-refractivity contribution in [1.82, 2.24) is 24.1 Å². The largest absolute Gasteiger partial charge is 0.395 e. The Morgan fingerprint density at radius 2 is 1.94 bits per heavy atom. The second-order valence-corrected chi connectivity index (χ2v) is 3.62. The Bertz CT molecular complexity index is 628. The molecule has 3 aromatic rings. The summed E-state index contributed by atoms with van der Waals surface area (Å²) >= 11 is 0. The molecule has 86 valence electrons. The minimum atomic E-state index is 0.0638. The maximum absolute atomic E-state index is 8.95. The molecule has 0 bridgehead atoms. The summed E-state index contributed by atoms with van der Waals surface area (Å²) in [6.07, 6.45) is 7.00. The van der Waals surface area contributed by atoms with Crippen LogP contribution >= 0.6 is 0 Å². The Hall–Kier alpha value is -2.21. The second kappa shape index (κ2) is 3.99. The molecular weight excluding hydrogens is 218 g/mol. The lowest BCUT2D eigenvalue weighted by molar-refractivity contribution is 0.277. The molecule has 3 heterocycles. The van der Waals surface area contributed by atoms with Gasteiger partial charge < -0.3 is 14.2 Å². The molecule has 17 heavy (non-hydrogen) atoms. The highest BCUT2D eigenvalue weighted by Gasteiger charge is 2.10. The third kappa shape index (κ3) is 1.58. The summed E-state index contributed by atoms with van der Waals surface area (Å²) < 4.78 is 3.70. The van der Waals surface area contributed by atoms with Crippen molar-refractivity contribution in [2.24, 2.45) is 0 Å². The maximum Gasteiger partial charge on any atom is 0.168 e. The van der Waals surface area contributed by atoms with E-state index in [0.29, 0.717) is 6.54 Å². The molecule has 0 atom stereocenters. The normalized spacial score (nSPS) is 11.1. The molecule has 0 saturated carbocycles. The van der Waals surface area contributed by atoms with Gasteiger partial charge in [-0.2, -0.15) is 0 Å². The molecule has 6 nitrogen and oxygen atoms in total. The number of aromatic nitrogens is 5. The van der Waals surface area contributed by atoms with Crippen LogP contribution in [0.3, 0.4) is 0 Å². The lowest BCUT2D eigenvalue weighted by Gasteiger charge is -2.03. The summed E-state index contributed by atoms with van der Waals surface area (Å²) in [7, 11) is 0. The summed E-state index contributed by atoms with van der Waals surface area (Å²) in [4.78, 5) is 12.7. The number of fused-ring (bicyclic) bond motifs is 1. The third-order valence-electron chi connectivity index (χ3n) is 2.57. The van der Waals surface area contributed by atoms with Gasteiger partial charge in [0.2, 0.25) is 0 Å². The van der Waals surface area contributed by atoms with Crippen molar-refractivity contribution in [3.8, 4) is 5.82 Å². The van der Waals surface area contributed by atoms with Gasteiger partial charge >= 0.3 is 0 Å². The minimum absolute atomic E-state index is 0.0638. The average Bonchev–Trinajstić information content (AvgIpc) is 2.98. The van der Waals surface area contributed by atoms with E-state index < -0.39 is 0 Å². The van der Waals surface area contributed by atoms with Gasteiger partial charge in [-0.25, -0.2) is 15.0 Å². The van der Waals surface area contributed by atoms with Crippen LogP contribution in [0.15, 0.2) is 37.2 Å². The van der Waals surface area contributed by atoms with Crippen molar-refractivity contribution < 1.29 is 5.11 Å². The van der Waals surface area contributed by atoms with E-state index in [4.69, 9.17) is 5.11 Å². The monoisotopic (exact) mass is 229 g/mol. The fraction of sp³-hybridized carbons (Fsp3) is 0.182. The molecule has 0 aliphatic rings. The fourth-order valence-electron chi connectivity index (χ4n) is 1.80. The van der Waals surface area contributed by atoms with Crippen molar-refractivity contribution >= 4 is 11.2 Å². The molecule has 0 aliphatic heterocycles. The number of rotatable bonds is 3. The summed E-state index contributed by atoms with van der Waals surface area (Å²) in [5.41, 5.74) is 1.47. The van der Waals surface area contributed by atoms with E-state index in [1.807, 2.05) is 33.7 Å². The Labute approximate surface area is 97.2 Å². The summed E-state index contributed by atoms with van der Waals surface area (Å²) in [6.45, 7) is 0.549. The molecule has 0 saturated heterocycles. The second-order valence-electron chi connectivity index (χ2n) is 3.62. The SMILES string of the molecule is OCCn1cnc2c(-n3cccc3)ncnc21. The van der Waals surface area contributed by atoms with E-state index in [-0.39, 0.29) is 6.61 Å². The van der Waals surface area contributed by atoms with Crippen LogP contribution in [-0.2, 0) is 6.54 Å². The van der Waals surface area contributed by atoms with Crippen LogP contribution in [0.2, 0.25) is 0 Å². The topological polar surface area (TPSA) is 68.8 Å². The van der Waals surface area contributed by atoms with E-state index in [1.54, 1.807) is 6.33 Å². The van der Waals surface area contributed by atoms with Gasteiger partial charge in [0.1, 0.15) is 6.33 Å². The third-order valence-corrected chi connectivity index (χ3v) is 2.57. The number of imidazole rings is 1. The van der Waals surface area contributed by atoms with Gasteiger partial charge in [-0.1, -0.05) is 0 Å². The van der Waals surface area contributed by atoms with Crippen LogP contribution in [0, 0.1) is 0 Å². The Kier molecular flexibility index (Phi) is 2.34. The van der Waals surface area contributed by atoms with Crippen LogP contribution in [-0.4, -0.2) is 35.8 Å². The number of hydrogen-bond acceptors (Lipinski definition) is 4. The zero-order valence-electron chi connectivity index (χ0n) is 9.06. The molecule has 0 amide bonds. The fourth-order valence-corrected chi connectivity index (χ4v) is 1.80. The number of aliphatic hydroxyl groups is 1. The van der Waals surface area contributed by atoms with Gasteiger partial charge in [-0.05, 0) is 12.1 Å². The molecule has 6 heteroatoms. The van der Waals surface area contributed by atoms with Gasteiger partial charge in [0.25, 0.3) is 0 Å². The molecular formula is C11H11N5O. The van der Waals surface area contributed by atoms with Crippen molar-refractivity contribution in [2.45, 2.75) is 6.54 Å².